The SMILES string of the molecule is O=C1CCCN1Cc1cccc(CNC(=O)N2CCC(c3nc4ccccc4o3)CC2)c1. The Kier molecular flexibility index (Phi) is 5.79. The zero-order chi connectivity index (χ0) is 21.9. The summed E-state index contributed by atoms with van der Waals surface area (Å²) in [6.07, 6.45) is 3.29. The molecule has 0 radical (unpaired) electrons. The molecule has 2 aromatic carbocycles. The molecule has 1 aromatic heterocycles. The minimum atomic E-state index is -0.0406. The third-order valence-electron chi connectivity index (χ3n) is 6.42. The predicted molar refractivity (Wildman–Crippen MR) is 121 cm³/mol. The minimum absolute atomic E-state index is 0.0406. The van der Waals surface area contributed by atoms with Crippen molar-refractivity contribution in [2.75, 3.05) is 19.6 Å². The lowest BCUT2D eigenvalue weighted by Gasteiger charge is -2.30. The fourth-order valence-electron chi connectivity index (χ4n) is 4.61. The van der Waals surface area contributed by atoms with Crippen molar-refractivity contribution in [2.24, 2.45) is 0 Å². The van der Waals surface area contributed by atoms with E-state index in [-0.39, 0.29) is 17.9 Å². The van der Waals surface area contributed by atoms with Gasteiger partial charge in [0.25, 0.3) is 0 Å². The number of aromatic nitrogens is 1. The molecular weight excluding hydrogens is 404 g/mol. The Bertz CT molecular complexity index is 1080. The van der Waals surface area contributed by atoms with Gasteiger partial charge >= 0.3 is 6.03 Å². The van der Waals surface area contributed by atoms with Crippen molar-refractivity contribution in [3.8, 4) is 0 Å². The van der Waals surface area contributed by atoms with Crippen LogP contribution in [0.4, 0.5) is 4.79 Å². The molecule has 7 heteroatoms. The van der Waals surface area contributed by atoms with E-state index in [4.69, 9.17) is 4.42 Å². The Hall–Kier alpha value is -3.35. The first kappa shape index (κ1) is 20.5. The number of carbonyl (C=O) groups excluding carboxylic acids is 2. The van der Waals surface area contributed by atoms with Crippen LogP contribution in [0.25, 0.3) is 11.1 Å². The normalized spacial score (nSPS) is 17.3. The fourth-order valence-corrected chi connectivity index (χ4v) is 4.61. The van der Waals surface area contributed by atoms with Crippen LogP contribution in [-0.4, -0.2) is 46.4 Å². The van der Waals surface area contributed by atoms with Gasteiger partial charge in [0.15, 0.2) is 11.5 Å². The van der Waals surface area contributed by atoms with Gasteiger partial charge in [-0.1, -0.05) is 36.4 Å². The van der Waals surface area contributed by atoms with E-state index in [1.54, 1.807) is 0 Å². The van der Waals surface area contributed by atoms with E-state index in [9.17, 15) is 9.59 Å². The summed E-state index contributed by atoms with van der Waals surface area (Å²) in [5.74, 6) is 1.25. The molecule has 0 spiro atoms. The highest BCUT2D eigenvalue weighted by atomic mass is 16.3. The fraction of sp³-hybridized carbons (Fsp3) is 0.400. The van der Waals surface area contributed by atoms with Crippen LogP contribution in [0, 0.1) is 0 Å². The van der Waals surface area contributed by atoms with Gasteiger partial charge in [0.05, 0.1) is 0 Å². The van der Waals surface area contributed by atoms with Crippen molar-refractivity contribution >= 4 is 23.0 Å². The van der Waals surface area contributed by atoms with Crippen molar-refractivity contribution in [1.82, 2.24) is 20.1 Å². The number of urea groups is 1. The number of para-hydroxylation sites is 2. The van der Waals surface area contributed by atoms with E-state index in [0.717, 1.165) is 53.9 Å². The molecule has 7 nitrogen and oxygen atoms in total. The maximum Gasteiger partial charge on any atom is 0.317 e. The standard InChI is InChI=1S/C25H28N4O3/c30-23-9-4-12-29(23)17-19-6-3-5-18(15-19)16-26-25(31)28-13-10-20(11-14-28)24-27-21-7-1-2-8-22(21)32-24/h1-3,5-8,15,20H,4,9-14,16-17H2,(H,26,31). The first-order chi connectivity index (χ1) is 15.7. The van der Waals surface area contributed by atoms with Gasteiger partial charge in [0, 0.05) is 45.1 Å². The zero-order valence-electron chi connectivity index (χ0n) is 18.1. The number of carbonyl (C=O) groups is 2. The van der Waals surface area contributed by atoms with E-state index < -0.39 is 0 Å². The van der Waals surface area contributed by atoms with E-state index in [1.807, 2.05) is 52.3 Å². The summed E-state index contributed by atoms with van der Waals surface area (Å²) in [6.45, 7) is 3.33. The molecule has 2 aliphatic heterocycles. The summed E-state index contributed by atoms with van der Waals surface area (Å²) in [7, 11) is 0. The Morgan fingerprint density at radius 2 is 1.88 bits per heavy atom. The minimum Gasteiger partial charge on any atom is -0.440 e. The number of hydrogen-bond acceptors (Lipinski definition) is 4. The first-order valence-electron chi connectivity index (χ1n) is 11.4. The summed E-state index contributed by atoms with van der Waals surface area (Å²) in [6, 6.07) is 15.9. The third kappa shape index (κ3) is 4.47. The van der Waals surface area contributed by atoms with E-state index >= 15 is 0 Å². The second kappa shape index (κ2) is 9.02. The number of hydrogen-bond donors (Lipinski definition) is 1. The number of rotatable bonds is 5. The Morgan fingerprint density at radius 1 is 1.06 bits per heavy atom. The number of piperidine rings is 1. The van der Waals surface area contributed by atoms with Crippen LogP contribution in [0.1, 0.15) is 48.6 Å². The molecule has 3 heterocycles. The highest BCUT2D eigenvalue weighted by Crippen LogP contribution is 2.29. The summed E-state index contributed by atoms with van der Waals surface area (Å²) in [5.41, 5.74) is 3.85. The van der Waals surface area contributed by atoms with Gasteiger partial charge in [-0.25, -0.2) is 9.78 Å². The number of nitrogens with zero attached hydrogens (tertiary/aromatic N) is 3. The van der Waals surface area contributed by atoms with Crippen LogP contribution in [0.5, 0.6) is 0 Å². The molecule has 0 aliphatic carbocycles. The Labute approximate surface area is 187 Å². The highest BCUT2D eigenvalue weighted by molar-refractivity contribution is 5.78. The number of amides is 3. The molecule has 0 unspecified atom stereocenters. The molecule has 2 saturated heterocycles. The van der Waals surface area contributed by atoms with E-state index in [1.165, 1.54) is 0 Å². The largest absolute Gasteiger partial charge is 0.440 e. The molecule has 0 saturated carbocycles. The van der Waals surface area contributed by atoms with Crippen molar-refractivity contribution in [1.29, 1.82) is 0 Å². The van der Waals surface area contributed by atoms with E-state index in [2.05, 4.69) is 16.4 Å². The predicted octanol–water partition coefficient (Wildman–Crippen LogP) is 4.04. The van der Waals surface area contributed by atoms with Crippen molar-refractivity contribution in [2.45, 2.75) is 44.7 Å². The molecule has 1 N–H and O–H groups in total. The Balaban J connectivity index is 1.12. The van der Waals surface area contributed by atoms with Crippen LogP contribution in [0.3, 0.4) is 0 Å². The van der Waals surface area contributed by atoms with Crippen LogP contribution in [0.15, 0.2) is 52.9 Å². The van der Waals surface area contributed by atoms with Crippen LogP contribution < -0.4 is 5.32 Å². The van der Waals surface area contributed by atoms with Gasteiger partial charge in [-0.15, -0.1) is 0 Å². The third-order valence-corrected chi connectivity index (χ3v) is 6.42. The van der Waals surface area contributed by atoms with Gasteiger partial charge in [-0.05, 0) is 42.5 Å². The molecule has 5 rings (SSSR count). The molecule has 0 bridgehead atoms. The second-order valence-corrected chi connectivity index (χ2v) is 8.68. The van der Waals surface area contributed by atoms with Gasteiger partial charge in [-0.3, -0.25) is 4.79 Å². The van der Waals surface area contributed by atoms with Crippen molar-refractivity contribution in [3.63, 3.8) is 0 Å². The lowest BCUT2D eigenvalue weighted by atomic mass is 9.97. The molecule has 32 heavy (non-hydrogen) atoms. The van der Waals surface area contributed by atoms with Gasteiger partial charge < -0.3 is 19.5 Å². The molecule has 166 valence electrons. The zero-order valence-corrected chi connectivity index (χ0v) is 18.1. The number of likely N-dealkylation sites (tertiary alicyclic amines) is 2. The molecule has 3 aromatic rings. The summed E-state index contributed by atoms with van der Waals surface area (Å²) in [5, 5.41) is 3.04. The van der Waals surface area contributed by atoms with Crippen molar-refractivity contribution in [3.05, 3.63) is 65.5 Å². The Morgan fingerprint density at radius 3 is 2.66 bits per heavy atom. The first-order valence-corrected chi connectivity index (χ1v) is 11.4. The van der Waals surface area contributed by atoms with Crippen molar-refractivity contribution < 1.29 is 14.0 Å². The lowest BCUT2D eigenvalue weighted by Crippen LogP contribution is -2.43. The number of oxazole rings is 1. The maximum atomic E-state index is 12.7. The number of nitrogens with one attached hydrogen (secondary N) is 1. The molecule has 0 atom stereocenters. The highest BCUT2D eigenvalue weighted by Gasteiger charge is 2.27. The topological polar surface area (TPSA) is 78.7 Å². The number of fused-ring (bicyclic) bond motifs is 1. The molecule has 2 fully saturated rings. The monoisotopic (exact) mass is 432 g/mol. The molecule has 3 amide bonds. The second-order valence-electron chi connectivity index (χ2n) is 8.68. The maximum absolute atomic E-state index is 12.7. The average molecular weight is 433 g/mol. The molecular formula is C25H28N4O3. The lowest BCUT2D eigenvalue weighted by molar-refractivity contribution is -0.128. The summed E-state index contributed by atoms with van der Waals surface area (Å²) < 4.78 is 5.92. The van der Waals surface area contributed by atoms with Crippen LogP contribution >= 0.6 is 0 Å². The summed E-state index contributed by atoms with van der Waals surface area (Å²) in [4.78, 5) is 32.9. The van der Waals surface area contributed by atoms with Crippen LogP contribution in [-0.2, 0) is 17.9 Å². The van der Waals surface area contributed by atoms with Crippen LogP contribution in [0.2, 0.25) is 0 Å². The summed E-state index contributed by atoms with van der Waals surface area (Å²) >= 11 is 0. The average Bonchev–Trinajstić information content (AvgIpc) is 3.44. The number of benzene rings is 2. The quantitative estimate of drug-likeness (QED) is 0.660. The van der Waals surface area contributed by atoms with Gasteiger partial charge in [0.1, 0.15) is 5.52 Å². The van der Waals surface area contributed by atoms with E-state index in [0.29, 0.717) is 32.6 Å². The molecule has 2 aliphatic rings. The van der Waals surface area contributed by atoms with Gasteiger partial charge in [0.2, 0.25) is 5.91 Å². The smallest absolute Gasteiger partial charge is 0.317 e. The van der Waals surface area contributed by atoms with Gasteiger partial charge in [-0.2, -0.15) is 0 Å².